The maximum atomic E-state index is 6.08. The van der Waals surface area contributed by atoms with Crippen molar-refractivity contribution in [1.29, 1.82) is 0 Å². The van der Waals surface area contributed by atoms with Gasteiger partial charge in [-0.3, -0.25) is 4.90 Å². The SMILES string of the molecule is C=C[C@H]1C[C@@]1(CCOCc1ccccc1)N(Cc1ccccc1)Cc1ccccc1. The number of nitrogens with zero attached hydrogens (tertiary/aromatic N) is 1. The molecule has 1 saturated carbocycles. The number of benzene rings is 3. The first-order valence-electron chi connectivity index (χ1n) is 10.9. The number of ether oxygens (including phenoxy) is 1. The summed E-state index contributed by atoms with van der Waals surface area (Å²) in [5, 5.41) is 0. The Morgan fingerprint density at radius 2 is 1.30 bits per heavy atom. The van der Waals surface area contributed by atoms with Crippen LogP contribution >= 0.6 is 0 Å². The Morgan fingerprint density at radius 3 is 1.77 bits per heavy atom. The van der Waals surface area contributed by atoms with Crippen molar-refractivity contribution >= 4 is 0 Å². The van der Waals surface area contributed by atoms with Crippen LogP contribution in [0.15, 0.2) is 104 Å². The monoisotopic (exact) mass is 397 g/mol. The fraction of sp³-hybridized carbons (Fsp3) is 0.286. The van der Waals surface area contributed by atoms with E-state index in [0.29, 0.717) is 12.5 Å². The molecular weight excluding hydrogens is 366 g/mol. The molecule has 0 N–H and O–H groups in total. The zero-order valence-electron chi connectivity index (χ0n) is 17.6. The van der Waals surface area contributed by atoms with Gasteiger partial charge in [0.1, 0.15) is 0 Å². The van der Waals surface area contributed by atoms with Crippen LogP contribution < -0.4 is 0 Å². The minimum Gasteiger partial charge on any atom is -0.377 e. The molecule has 0 spiro atoms. The lowest BCUT2D eigenvalue weighted by atomic mass is 10.0. The van der Waals surface area contributed by atoms with Crippen molar-refractivity contribution in [3.8, 4) is 0 Å². The molecule has 0 bridgehead atoms. The van der Waals surface area contributed by atoms with Crippen LogP contribution in [0, 0.1) is 5.92 Å². The minimum absolute atomic E-state index is 0.129. The van der Waals surface area contributed by atoms with Crippen LogP contribution in [0.2, 0.25) is 0 Å². The van der Waals surface area contributed by atoms with E-state index in [1.165, 1.54) is 16.7 Å². The zero-order chi connectivity index (χ0) is 20.7. The third-order valence-electron chi connectivity index (χ3n) is 6.24. The molecule has 0 unspecified atom stereocenters. The van der Waals surface area contributed by atoms with Gasteiger partial charge in [-0.15, -0.1) is 6.58 Å². The highest BCUT2D eigenvalue weighted by atomic mass is 16.5. The zero-order valence-corrected chi connectivity index (χ0v) is 17.6. The highest BCUT2D eigenvalue weighted by molar-refractivity contribution is 5.23. The molecule has 0 heterocycles. The van der Waals surface area contributed by atoms with Crippen LogP contribution in [0.5, 0.6) is 0 Å². The summed E-state index contributed by atoms with van der Waals surface area (Å²) >= 11 is 0. The third kappa shape index (κ3) is 5.08. The normalized spacial score (nSPS) is 20.2. The maximum Gasteiger partial charge on any atom is 0.0716 e. The van der Waals surface area contributed by atoms with Gasteiger partial charge in [0.05, 0.1) is 6.61 Å². The van der Waals surface area contributed by atoms with Gasteiger partial charge in [-0.2, -0.15) is 0 Å². The van der Waals surface area contributed by atoms with Crippen molar-refractivity contribution in [2.75, 3.05) is 6.61 Å². The van der Waals surface area contributed by atoms with Crippen LogP contribution in [-0.2, 0) is 24.4 Å². The van der Waals surface area contributed by atoms with Gasteiger partial charge in [-0.25, -0.2) is 0 Å². The van der Waals surface area contributed by atoms with Gasteiger partial charge < -0.3 is 4.74 Å². The Labute approximate surface area is 180 Å². The molecule has 0 aliphatic heterocycles. The van der Waals surface area contributed by atoms with Crippen LogP contribution in [0.4, 0.5) is 0 Å². The Kier molecular flexibility index (Phi) is 6.78. The van der Waals surface area contributed by atoms with E-state index in [-0.39, 0.29) is 5.54 Å². The lowest BCUT2D eigenvalue weighted by molar-refractivity contribution is 0.0684. The van der Waals surface area contributed by atoms with Crippen molar-refractivity contribution < 1.29 is 4.74 Å². The molecule has 0 saturated heterocycles. The van der Waals surface area contributed by atoms with Gasteiger partial charge in [-0.1, -0.05) is 97.1 Å². The Bertz CT molecular complexity index is 868. The van der Waals surface area contributed by atoms with E-state index in [1.54, 1.807) is 0 Å². The van der Waals surface area contributed by atoms with E-state index in [1.807, 2.05) is 6.07 Å². The minimum atomic E-state index is 0.129. The van der Waals surface area contributed by atoms with Gasteiger partial charge >= 0.3 is 0 Å². The summed E-state index contributed by atoms with van der Waals surface area (Å²) in [4.78, 5) is 2.65. The van der Waals surface area contributed by atoms with Crippen molar-refractivity contribution in [3.05, 3.63) is 120 Å². The molecule has 0 amide bonds. The first-order valence-corrected chi connectivity index (χ1v) is 10.9. The van der Waals surface area contributed by atoms with E-state index in [9.17, 15) is 0 Å². The molecule has 1 fully saturated rings. The van der Waals surface area contributed by atoms with Gasteiger partial charge in [0.25, 0.3) is 0 Å². The van der Waals surface area contributed by atoms with Gasteiger partial charge in [0.15, 0.2) is 0 Å². The summed E-state index contributed by atoms with van der Waals surface area (Å²) in [5.41, 5.74) is 4.07. The van der Waals surface area contributed by atoms with E-state index in [4.69, 9.17) is 4.74 Å². The largest absolute Gasteiger partial charge is 0.377 e. The topological polar surface area (TPSA) is 12.5 Å². The maximum absolute atomic E-state index is 6.08. The Morgan fingerprint density at radius 1 is 0.800 bits per heavy atom. The lowest BCUT2D eigenvalue weighted by Gasteiger charge is -2.33. The molecule has 2 atom stereocenters. The lowest BCUT2D eigenvalue weighted by Crippen LogP contribution is -2.39. The van der Waals surface area contributed by atoms with Crippen molar-refractivity contribution in [3.63, 3.8) is 0 Å². The Hall–Kier alpha value is -2.68. The number of hydrogen-bond donors (Lipinski definition) is 0. The third-order valence-corrected chi connectivity index (χ3v) is 6.24. The van der Waals surface area contributed by atoms with E-state index < -0.39 is 0 Å². The van der Waals surface area contributed by atoms with Crippen molar-refractivity contribution in [2.24, 2.45) is 5.92 Å². The highest BCUT2D eigenvalue weighted by Crippen LogP contribution is 2.53. The average molecular weight is 398 g/mol. The van der Waals surface area contributed by atoms with Gasteiger partial charge in [0, 0.05) is 25.2 Å². The summed E-state index contributed by atoms with van der Waals surface area (Å²) in [6.07, 6.45) is 4.32. The molecule has 1 aliphatic carbocycles. The molecule has 1 aliphatic rings. The van der Waals surface area contributed by atoms with Crippen LogP contribution in [0.1, 0.15) is 29.5 Å². The second-order valence-corrected chi connectivity index (χ2v) is 8.27. The molecule has 2 heteroatoms. The summed E-state index contributed by atoms with van der Waals surface area (Å²) in [5.74, 6) is 0.519. The van der Waals surface area contributed by atoms with Gasteiger partial charge in [-0.05, 0) is 35.4 Å². The smallest absolute Gasteiger partial charge is 0.0716 e. The second kappa shape index (κ2) is 9.88. The highest BCUT2D eigenvalue weighted by Gasteiger charge is 2.55. The standard InChI is InChI=1S/C28H31NO/c1-2-27-20-28(27,18-19-30-23-26-16-10-5-11-17-26)29(21-24-12-6-3-7-13-24)22-25-14-8-4-9-15-25/h2-17,27H,1,18-23H2/t27-,28+/m0/s1. The summed E-state index contributed by atoms with van der Waals surface area (Å²) in [6, 6.07) is 32.0. The molecule has 3 aromatic carbocycles. The first kappa shape index (κ1) is 20.6. The first-order chi connectivity index (χ1) is 14.8. The van der Waals surface area contributed by atoms with E-state index in [2.05, 4.69) is 102 Å². The molecule has 3 aromatic rings. The Balaban J connectivity index is 1.47. The van der Waals surface area contributed by atoms with Gasteiger partial charge in [0.2, 0.25) is 0 Å². The molecule has 2 nitrogen and oxygen atoms in total. The van der Waals surface area contributed by atoms with Crippen molar-refractivity contribution in [2.45, 2.75) is 38.1 Å². The predicted molar refractivity (Wildman–Crippen MR) is 124 cm³/mol. The van der Waals surface area contributed by atoms with Crippen molar-refractivity contribution in [1.82, 2.24) is 4.90 Å². The number of rotatable bonds is 11. The summed E-state index contributed by atoms with van der Waals surface area (Å²) in [6.45, 7) is 7.45. The second-order valence-electron chi connectivity index (χ2n) is 8.27. The van der Waals surface area contributed by atoms with E-state index in [0.717, 1.165) is 32.5 Å². The molecule has 4 rings (SSSR count). The quantitative estimate of drug-likeness (QED) is 0.280. The molecule has 30 heavy (non-hydrogen) atoms. The molecule has 154 valence electrons. The van der Waals surface area contributed by atoms with Crippen LogP contribution in [0.25, 0.3) is 0 Å². The predicted octanol–water partition coefficient (Wildman–Crippen LogP) is 6.24. The molecule has 0 aromatic heterocycles. The average Bonchev–Trinajstić information content (AvgIpc) is 3.53. The van der Waals surface area contributed by atoms with Crippen LogP contribution in [0.3, 0.4) is 0 Å². The van der Waals surface area contributed by atoms with E-state index >= 15 is 0 Å². The summed E-state index contributed by atoms with van der Waals surface area (Å²) < 4.78 is 6.08. The number of hydrogen-bond acceptors (Lipinski definition) is 2. The fourth-order valence-electron chi connectivity index (χ4n) is 4.43. The molecular formula is C28H31NO. The molecule has 0 radical (unpaired) electrons. The van der Waals surface area contributed by atoms with Crippen LogP contribution in [-0.4, -0.2) is 17.0 Å². The fourth-order valence-corrected chi connectivity index (χ4v) is 4.43. The summed E-state index contributed by atoms with van der Waals surface area (Å²) in [7, 11) is 0.